The summed E-state index contributed by atoms with van der Waals surface area (Å²) in [5.74, 6) is 0.259. The largest absolute Gasteiger partial charge is 0.492 e. The van der Waals surface area contributed by atoms with Crippen LogP contribution in [0.3, 0.4) is 0 Å². The molecule has 0 spiro atoms. The number of hydrogen-bond acceptors (Lipinski definition) is 3. The van der Waals surface area contributed by atoms with Gasteiger partial charge in [0.25, 0.3) is 5.91 Å². The lowest BCUT2D eigenvalue weighted by Crippen LogP contribution is -2.38. The average Bonchev–Trinajstić information content (AvgIpc) is 2.58. The van der Waals surface area contributed by atoms with Crippen molar-refractivity contribution in [3.05, 3.63) is 63.2 Å². The molecule has 0 aliphatic rings. The van der Waals surface area contributed by atoms with Gasteiger partial charge >= 0.3 is 0 Å². The van der Waals surface area contributed by atoms with Crippen molar-refractivity contribution in [1.82, 2.24) is 10.6 Å². The first kappa shape index (κ1) is 18.3. The summed E-state index contributed by atoms with van der Waals surface area (Å²) in [6, 6.07) is 14.9. The third-order valence-corrected chi connectivity index (χ3v) is 4.18. The van der Waals surface area contributed by atoms with Crippen molar-refractivity contribution in [2.24, 2.45) is 0 Å². The van der Waals surface area contributed by atoms with Crippen molar-refractivity contribution < 1.29 is 14.3 Å². The summed E-state index contributed by atoms with van der Waals surface area (Å²) in [5, 5.41) is 5.31. The lowest BCUT2D eigenvalue weighted by molar-refractivity contribution is -0.120. The highest BCUT2D eigenvalue weighted by molar-refractivity contribution is 14.1. The van der Waals surface area contributed by atoms with Crippen LogP contribution in [0.2, 0.25) is 0 Å². The fraction of sp³-hybridized carbons (Fsp3) is 0.222. The van der Waals surface area contributed by atoms with Crippen molar-refractivity contribution in [3.63, 3.8) is 0 Å². The van der Waals surface area contributed by atoms with Crippen LogP contribution in [0.1, 0.15) is 15.9 Å². The maximum Gasteiger partial charge on any atom is 0.252 e. The Kier molecular flexibility index (Phi) is 7.05. The number of carbonyl (C=O) groups is 2. The van der Waals surface area contributed by atoms with E-state index in [1.807, 2.05) is 43.3 Å². The summed E-state index contributed by atoms with van der Waals surface area (Å²) in [4.78, 5) is 23.7. The molecule has 0 aromatic heterocycles. The van der Waals surface area contributed by atoms with Crippen LogP contribution < -0.4 is 15.4 Å². The molecule has 2 aromatic rings. The summed E-state index contributed by atoms with van der Waals surface area (Å²) in [5.41, 5.74) is 1.73. The molecule has 2 amide bonds. The molecule has 0 aliphatic carbocycles. The molecule has 2 aromatic carbocycles. The van der Waals surface area contributed by atoms with Gasteiger partial charge < -0.3 is 15.4 Å². The van der Waals surface area contributed by atoms with Gasteiger partial charge in [0.1, 0.15) is 12.4 Å². The second kappa shape index (κ2) is 9.27. The molecule has 0 saturated carbocycles. The van der Waals surface area contributed by atoms with Crippen molar-refractivity contribution in [3.8, 4) is 5.75 Å². The first-order valence-corrected chi connectivity index (χ1v) is 8.63. The van der Waals surface area contributed by atoms with Gasteiger partial charge in [-0.2, -0.15) is 0 Å². The van der Waals surface area contributed by atoms with Crippen LogP contribution in [0.25, 0.3) is 0 Å². The molecule has 0 atom stereocenters. The third kappa shape index (κ3) is 5.84. The van der Waals surface area contributed by atoms with E-state index in [4.69, 9.17) is 4.74 Å². The van der Waals surface area contributed by atoms with Gasteiger partial charge in [0.05, 0.1) is 18.7 Å². The average molecular weight is 438 g/mol. The minimum absolute atomic E-state index is 0.0612. The molecule has 0 aliphatic heterocycles. The van der Waals surface area contributed by atoms with Crippen LogP contribution in [0.5, 0.6) is 5.75 Å². The Bertz CT molecular complexity index is 702. The van der Waals surface area contributed by atoms with Gasteiger partial charge in [0.15, 0.2) is 0 Å². The van der Waals surface area contributed by atoms with Crippen LogP contribution in [-0.4, -0.2) is 31.5 Å². The fourth-order valence-electron chi connectivity index (χ4n) is 1.96. The van der Waals surface area contributed by atoms with Gasteiger partial charge in [-0.05, 0) is 53.8 Å². The highest BCUT2D eigenvalue weighted by Crippen LogP contribution is 2.11. The second-order valence-corrected chi connectivity index (χ2v) is 6.34. The molecule has 2 N–H and O–H groups in total. The quantitative estimate of drug-likeness (QED) is 0.516. The van der Waals surface area contributed by atoms with Crippen molar-refractivity contribution in [2.75, 3.05) is 19.7 Å². The molecule has 24 heavy (non-hydrogen) atoms. The Hall–Kier alpha value is -2.09. The zero-order valence-corrected chi connectivity index (χ0v) is 15.5. The van der Waals surface area contributed by atoms with E-state index in [1.165, 1.54) is 5.56 Å². The Morgan fingerprint density at radius 3 is 2.46 bits per heavy atom. The minimum Gasteiger partial charge on any atom is -0.492 e. The molecule has 0 unspecified atom stereocenters. The molecule has 6 heteroatoms. The smallest absolute Gasteiger partial charge is 0.252 e. The molecule has 0 heterocycles. The van der Waals surface area contributed by atoms with E-state index < -0.39 is 0 Å². The van der Waals surface area contributed by atoms with Gasteiger partial charge in [0.2, 0.25) is 5.91 Å². The summed E-state index contributed by atoms with van der Waals surface area (Å²) in [7, 11) is 0. The summed E-state index contributed by atoms with van der Waals surface area (Å²) < 4.78 is 6.37. The number of benzene rings is 2. The van der Waals surface area contributed by atoms with Crippen LogP contribution >= 0.6 is 22.6 Å². The van der Waals surface area contributed by atoms with E-state index in [-0.39, 0.29) is 18.4 Å². The molecule has 0 radical (unpaired) electrons. The Labute approximate surface area is 154 Å². The van der Waals surface area contributed by atoms with Crippen molar-refractivity contribution >= 4 is 34.4 Å². The van der Waals surface area contributed by atoms with Crippen molar-refractivity contribution in [1.29, 1.82) is 0 Å². The van der Waals surface area contributed by atoms with Crippen LogP contribution in [0.4, 0.5) is 0 Å². The number of halogens is 1. The highest BCUT2D eigenvalue weighted by Gasteiger charge is 2.10. The molecule has 0 bridgehead atoms. The van der Waals surface area contributed by atoms with E-state index in [0.29, 0.717) is 18.7 Å². The molecule has 2 rings (SSSR count). The zero-order valence-electron chi connectivity index (χ0n) is 13.3. The standard InChI is InChI=1S/C18H19IN2O3/c1-13-6-8-14(9-7-13)24-11-10-20-17(22)12-21-18(23)15-4-2-3-5-16(15)19/h2-9H,10-12H2,1H3,(H,20,22)(H,21,23). The summed E-state index contributed by atoms with van der Waals surface area (Å²) in [6.07, 6.45) is 0. The van der Waals surface area contributed by atoms with Crippen LogP contribution in [0.15, 0.2) is 48.5 Å². The Morgan fingerprint density at radius 1 is 1.04 bits per heavy atom. The highest BCUT2D eigenvalue weighted by atomic mass is 127. The maximum absolute atomic E-state index is 12.0. The number of amides is 2. The van der Waals surface area contributed by atoms with Gasteiger partial charge in [-0.1, -0.05) is 29.8 Å². The Balaban J connectivity index is 1.65. The minimum atomic E-state index is -0.258. The maximum atomic E-state index is 12.0. The predicted molar refractivity (Wildman–Crippen MR) is 101 cm³/mol. The number of carbonyl (C=O) groups excluding carboxylic acids is 2. The van der Waals surface area contributed by atoms with E-state index >= 15 is 0 Å². The molecule has 126 valence electrons. The number of rotatable bonds is 7. The summed E-state index contributed by atoms with van der Waals surface area (Å²) in [6.45, 7) is 2.70. The van der Waals surface area contributed by atoms with E-state index in [9.17, 15) is 9.59 Å². The normalized spacial score (nSPS) is 10.1. The number of aryl methyl sites for hydroxylation is 1. The monoisotopic (exact) mass is 438 g/mol. The first-order chi connectivity index (χ1) is 11.6. The van der Waals surface area contributed by atoms with Gasteiger partial charge in [0, 0.05) is 3.57 Å². The van der Waals surface area contributed by atoms with Gasteiger partial charge in [-0.3, -0.25) is 9.59 Å². The van der Waals surface area contributed by atoms with Crippen LogP contribution in [0, 0.1) is 10.5 Å². The molecular weight excluding hydrogens is 419 g/mol. The molecule has 5 nitrogen and oxygen atoms in total. The second-order valence-electron chi connectivity index (χ2n) is 5.17. The molecule has 0 fully saturated rings. The number of nitrogens with one attached hydrogen (secondary N) is 2. The van der Waals surface area contributed by atoms with Gasteiger partial charge in [-0.25, -0.2) is 0 Å². The predicted octanol–water partition coefficient (Wildman–Crippen LogP) is 2.52. The van der Waals surface area contributed by atoms with E-state index in [2.05, 4.69) is 33.2 Å². The fourth-order valence-corrected chi connectivity index (χ4v) is 2.59. The lowest BCUT2D eigenvalue weighted by Gasteiger charge is -2.09. The van der Waals surface area contributed by atoms with E-state index in [0.717, 1.165) is 9.32 Å². The van der Waals surface area contributed by atoms with E-state index in [1.54, 1.807) is 12.1 Å². The topological polar surface area (TPSA) is 67.4 Å². The third-order valence-electron chi connectivity index (χ3n) is 3.24. The SMILES string of the molecule is Cc1ccc(OCCNC(=O)CNC(=O)c2ccccc2I)cc1. The first-order valence-electron chi connectivity index (χ1n) is 7.55. The number of hydrogen-bond donors (Lipinski definition) is 2. The summed E-state index contributed by atoms with van der Waals surface area (Å²) >= 11 is 2.09. The van der Waals surface area contributed by atoms with Crippen molar-refractivity contribution in [2.45, 2.75) is 6.92 Å². The lowest BCUT2D eigenvalue weighted by atomic mass is 10.2. The zero-order chi connectivity index (χ0) is 17.4. The number of ether oxygens (including phenoxy) is 1. The Morgan fingerprint density at radius 2 is 1.75 bits per heavy atom. The van der Waals surface area contributed by atoms with Crippen LogP contribution in [-0.2, 0) is 4.79 Å². The van der Waals surface area contributed by atoms with Gasteiger partial charge in [-0.15, -0.1) is 0 Å². The molecular formula is C18H19IN2O3. The molecule has 0 saturated heterocycles.